The number of benzene rings is 1. The Labute approximate surface area is 150 Å². The van der Waals surface area contributed by atoms with Crippen molar-refractivity contribution in [2.45, 2.75) is 25.7 Å². The van der Waals surface area contributed by atoms with Crippen LogP contribution in [-0.2, 0) is 10.0 Å². The van der Waals surface area contributed by atoms with E-state index in [9.17, 15) is 8.42 Å². The van der Waals surface area contributed by atoms with Crippen LogP contribution >= 0.6 is 0 Å². The largest absolute Gasteiger partial charge is 0.303 e. The van der Waals surface area contributed by atoms with Crippen LogP contribution in [0.1, 0.15) is 25.7 Å². The third kappa shape index (κ3) is 4.83. The zero-order chi connectivity index (χ0) is 17.7. The van der Waals surface area contributed by atoms with Crippen LogP contribution in [-0.4, -0.2) is 55.5 Å². The summed E-state index contributed by atoms with van der Waals surface area (Å²) >= 11 is 0. The van der Waals surface area contributed by atoms with E-state index in [1.165, 1.54) is 29.8 Å². The van der Waals surface area contributed by atoms with E-state index in [1.54, 1.807) is 10.9 Å². The first-order valence-corrected chi connectivity index (χ1v) is 10.7. The molecular weight excluding hydrogens is 336 g/mol. The molecule has 7 heteroatoms. The number of hydrogen-bond donors (Lipinski definition) is 0. The van der Waals surface area contributed by atoms with Crippen molar-refractivity contribution in [2.24, 2.45) is 0 Å². The van der Waals surface area contributed by atoms with Crippen molar-refractivity contribution in [1.82, 2.24) is 14.7 Å². The Morgan fingerprint density at radius 2 is 1.96 bits per heavy atom. The van der Waals surface area contributed by atoms with Gasteiger partial charge >= 0.3 is 0 Å². The summed E-state index contributed by atoms with van der Waals surface area (Å²) in [4.78, 5) is 2.43. The van der Waals surface area contributed by atoms with Gasteiger partial charge in [0.05, 0.1) is 17.6 Å². The molecule has 0 radical (unpaired) electrons. The molecule has 0 spiro atoms. The van der Waals surface area contributed by atoms with E-state index in [4.69, 9.17) is 0 Å². The first-order chi connectivity index (χ1) is 12.0. The van der Waals surface area contributed by atoms with Crippen molar-refractivity contribution in [3.8, 4) is 5.69 Å². The molecule has 1 aliphatic heterocycles. The number of piperidine rings is 1. The third-order valence-corrected chi connectivity index (χ3v) is 5.77. The molecule has 2 aromatic rings. The van der Waals surface area contributed by atoms with Gasteiger partial charge in [-0.15, -0.1) is 0 Å². The number of nitrogens with zero attached hydrogens (tertiary/aromatic N) is 4. The van der Waals surface area contributed by atoms with Crippen molar-refractivity contribution in [1.29, 1.82) is 0 Å². The maximum Gasteiger partial charge on any atom is 0.232 e. The minimum atomic E-state index is -3.32. The van der Waals surface area contributed by atoms with Gasteiger partial charge in [0.2, 0.25) is 10.0 Å². The molecule has 0 unspecified atom stereocenters. The molecule has 1 fully saturated rings. The molecule has 1 aliphatic rings. The molecule has 1 aromatic heterocycles. The first-order valence-electron chi connectivity index (χ1n) is 8.84. The van der Waals surface area contributed by atoms with Crippen LogP contribution in [0, 0.1) is 0 Å². The average Bonchev–Trinajstić information content (AvgIpc) is 3.13. The number of rotatable bonds is 7. The molecule has 136 valence electrons. The van der Waals surface area contributed by atoms with Crippen molar-refractivity contribution >= 4 is 15.7 Å². The van der Waals surface area contributed by atoms with Gasteiger partial charge in [-0.25, -0.2) is 13.1 Å². The highest BCUT2D eigenvalue weighted by atomic mass is 32.2. The third-order valence-electron chi connectivity index (χ3n) is 4.57. The number of aromatic nitrogens is 2. The Morgan fingerprint density at radius 3 is 2.64 bits per heavy atom. The van der Waals surface area contributed by atoms with Crippen LogP contribution in [0.4, 0.5) is 5.69 Å². The standard InChI is InChI=1S/C18H26N4O2S/c1-25(23,24)22(15-7-13-20-11-3-2-4-12-20)18-9-5-8-17(16-18)21-14-6-10-19-21/h5-6,8-10,14,16H,2-4,7,11-13,15H2,1H3. The highest BCUT2D eigenvalue weighted by Crippen LogP contribution is 2.21. The number of likely N-dealkylation sites (tertiary alicyclic amines) is 1. The van der Waals surface area contributed by atoms with Crippen molar-refractivity contribution in [2.75, 3.05) is 36.7 Å². The summed E-state index contributed by atoms with van der Waals surface area (Å²) < 4.78 is 27.8. The lowest BCUT2D eigenvalue weighted by molar-refractivity contribution is 0.228. The lowest BCUT2D eigenvalue weighted by Crippen LogP contribution is -2.35. The van der Waals surface area contributed by atoms with Gasteiger partial charge in [0.25, 0.3) is 0 Å². The van der Waals surface area contributed by atoms with Crippen LogP contribution in [0.25, 0.3) is 5.69 Å². The fraction of sp³-hybridized carbons (Fsp3) is 0.500. The SMILES string of the molecule is CS(=O)(=O)N(CCCN1CCCCC1)c1cccc(-n2cccn2)c1. The van der Waals surface area contributed by atoms with Crippen LogP contribution < -0.4 is 4.31 Å². The van der Waals surface area contributed by atoms with E-state index >= 15 is 0 Å². The fourth-order valence-electron chi connectivity index (χ4n) is 3.32. The predicted octanol–water partition coefficient (Wildman–Crippen LogP) is 2.51. The van der Waals surface area contributed by atoms with Crippen molar-refractivity contribution in [3.63, 3.8) is 0 Å². The van der Waals surface area contributed by atoms with Gasteiger partial charge < -0.3 is 4.90 Å². The molecule has 0 bridgehead atoms. The summed E-state index contributed by atoms with van der Waals surface area (Å²) in [5, 5.41) is 4.21. The molecule has 0 saturated carbocycles. The molecule has 1 aromatic carbocycles. The maximum atomic E-state index is 12.3. The zero-order valence-corrected chi connectivity index (χ0v) is 15.5. The van der Waals surface area contributed by atoms with Gasteiger partial charge in [-0.1, -0.05) is 12.5 Å². The number of hydrogen-bond acceptors (Lipinski definition) is 4. The quantitative estimate of drug-likeness (QED) is 0.759. The minimum Gasteiger partial charge on any atom is -0.303 e. The van der Waals surface area contributed by atoms with E-state index in [1.807, 2.05) is 36.5 Å². The van der Waals surface area contributed by atoms with E-state index in [2.05, 4.69) is 10.00 Å². The van der Waals surface area contributed by atoms with E-state index in [0.717, 1.165) is 31.7 Å². The van der Waals surface area contributed by atoms with Crippen molar-refractivity contribution < 1.29 is 8.42 Å². The van der Waals surface area contributed by atoms with E-state index in [-0.39, 0.29) is 0 Å². The molecule has 1 saturated heterocycles. The van der Waals surface area contributed by atoms with Gasteiger partial charge in [0.15, 0.2) is 0 Å². The fourth-order valence-corrected chi connectivity index (χ4v) is 4.28. The topological polar surface area (TPSA) is 58.4 Å². The molecular formula is C18H26N4O2S. The van der Waals surface area contributed by atoms with E-state index < -0.39 is 10.0 Å². The zero-order valence-electron chi connectivity index (χ0n) is 14.7. The Hall–Kier alpha value is -1.86. The van der Waals surface area contributed by atoms with Gasteiger partial charge in [-0.2, -0.15) is 5.10 Å². The second-order valence-corrected chi connectivity index (χ2v) is 8.47. The lowest BCUT2D eigenvalue weighted by Gasteiger charge is -2.28. The Kier molecular flexibility index (Phi) is 5.75. The Balaban J connectivity index is 1.71. The summed E-state index contributed by atoms with van der Waals surface area (Å²) in [5.74, 6) is 0. The van der Waals surface area contributed by atoms with Crippen molar-refractivity contribution in [3.05, 3.63) is 42.7 Å². The summed E-state index contributed by atoms with van der Waals surface area (Å²) in [6.45, 7) is 3.71. The minimum absolute atomic E-state index is 0.498. The molecule has 0 N–H and O–H groups in total. The molecule has 3 rings (SSSR count). The van der Waals surface area contributed by atoms with Crippen LogP contribution in [0.5, 0.6) is 0 Å². The molecule has 25 heavy (non-hydrogen) atoms. The van der Waals surface area contributed by atoms with Crippen LogP contribution in [0.3, 0.4) is 0 Å². The molecule has 0 aliphatic carbocycles. The van der Waals surface area contributed by atoms with Gasteiger partial charge in [-0.3, -0.25) is 4.31 Å². The van der Waals surface area contributed by atoms with Gasteiger partial charge in [-0.05, 0) is 63.2 Å². The first kappa shape index (κ1) is 17.9. The maximum absolute atomic E-state index is 12.3. The van der Waals surface area contributed by atoms with Crippen LogP contribution in [0.15, 0.2) is 42.7 Å². The molecule has 0 atom stereocenters. The Bertz CT molecular complexity index is 768. The highest BCUT2D eigenvalue weighted by molar-refractivity contribution is 7.92. The number of anilines is 1. The van der Waals surface area contributed by atoms with Gasteiger partial charge in [0, 0.05) is 18.9 Å². The molecule has 2 heterocycles. The smallest absolute Gasteiger partial charge is 0.232 e. The molecule has 6 nitrogen and oxygen atoms in total. The number of sulfonamides is 1. The highest BCUT2D eigenvalue weighted by Gasteiger charge is 2.18. The van der Waals surface area contributed by atoms with Crippen LogP contribution in [0.2, 0.25) is 0 Å². The second kappa shape index (κ2) is 8.01. The summed E-state index contributed by atoms with van der Waals surface area (Å²) in [5.41, 5.74) is 1.54. The Morgan fingerprint density at radius 1 is 1.16 bits per heavy atom. The lowest BCUT2D eigenvalue weighted by atomic mass is 10.1. The monoisotopic (exact) mass is 362 g/mol. The normalized spacial score (nSPS) is 16.0. The van der Waals surface area contributed by atoms with Gasteiger partial charge in [0.1, 0.15) is 0 Å². The molecule has 0 amide bonds. The summed E-state index contributed by atoms with van der Waals surface area (Å²) in [6.07, 6.45) is 9.48. The summed E-state index contributed by atoms with van der Waals surface area (Å²) in [6, 6.07) is 9.35. The predicted molar refractivity (Wildman–Crippen MR) is 101 cm³/mol. The second-order valence-electron chi connectivity index (χ2n) is 6.56. The van der Waals surface area contributed by atoms with E-state index in [0.29, 0.717) is 12.2 Å². The average molecular weight is 362 g/mol. The summed E-state index contributed by atoms with van der Waals surface area (Å²) in [7, 11) is -3.32.